The zero-order valence-electron chi connectivity index (χ0n) is 11.1. The molecule has 0 saturated carbocycles. The minimum absolute atomic E-state index is 0.0443. The van der Waals surface area contributed by atoms with E-state index in [1.54, 1.807) is 18.2 Å². The minimum atomic E-state index is -3.89. The van der Waals surface area contributed by atoms with Gasteiger partial charge in [0, 0.05) is 18.0 Å². The Labute approximate surface area is 117 Å². The molecular weight excluding hydrogens is 276 g/mol. The van der Waals surface area contributed by atoms with Gasteiger partial charge in [-0.2, -0.15) is 0 Å². The second-order valence-corrected chi connectivity index (χ2v) is 6.10. The fraction of sp³-hybridized carbons (Fsp3) is 0.143. The molecule has 0 fully saturated rings. The van der Waals surface area contributed by atoms with Crippen LogP contribution in [0.15, 0.2) is 47.6 Å². The van der Waals surface area contributed by atoms with E-state index in [2.05, 4.69) is 4.98 Å². The molecule has 1 aromatic heterocycles. The van der Waals surface area contributed by atoms with Crippen LogP contribution in [0.1, 0.15) is 21.5 Å². The van der Waals surface area contributed by atoms with Crippen LogP contribution < -0.4 is 4.72 Å². The molecule has 0 radical (unpaired) electrons. The fourth-order valence-electron chi connectivity index (χ4n) is 1.63. The van der Waals surface area contributed by atoms with E-state index in [1.807, 2.05) is 18.6 Å². The largest absolute Gasteiger partial charge is 0.268 e. The third-order valence-corrected chi connectivity index (χ3v) is 4.26. The smallest absolute Gasteiger partial charge is 0.265 e. The molecule has 0 aliphatic carbocycles. The number of nitrogens with zero attached hydrogens (tertiary/aromatic N) is 1. The number of benzene rings is 1. The molecule has 20 heavy (non-hydrogen) atoms. The lowest BCUT2D eigenvalue weighted by Gasteiger charge is -2.08. The van der Waals surface area contributed by atoms with Gasteiger partial charge in [-0.3, -0.25) is 9.78 Å². The quantitative estimate of drug-likeness (QED) is 0.935. The van der Waals surface area contributed by atoms with Crippen LogP contribution in [0, 0.1) is 13.8 Å². The molecule has 5 nitrogen and oxygen atoms in total. The minimum Gasteiger partial charge on any atom is -0.268 e. The number of sulfonamides is 1. The van der Waals surface area contributed by atoms with Crippen molar-refractivity contribution in [2.24, 2.45) is 0 Å². The van der Waals surface area contributed by atoms with E-state index in [4.69, 9.17) is 0 Å². The summed E-state index contributed by atoms with van der Waals surface area (Å²) in [6, 6.07) is 7.90. The summed E-state index contributed by atoms with van der Waals surface area (Å²) in [5, 5.41) is 0. The van der Waals surface area contributed by atoms with E-state index in [9.17, 15) is 13.2 Å². The summed E-state index contributed by atoms with van der Waals surface area (Å²) in [5.74, 6) is -0.656. The highest BCUT2D eigenvalue weighted by Gasteiger charge is 2.18. The predicted molar refractivity (Wildman–Crippen MR) is 74.8 cm³/mol. The van der Waals surface area contributed by atoms with Crippen molar-refractivity contribution >= 4 is 15.9 Å². The molecule has 2 rings (SSSR count). The van der Waals surface area contributed by atoms with E-state index in [0.29, 0.717) is 5.56 Å². The van der Waals surface area contributed by atoms with Crippen molar-refractivity contribution in [1.82, 2.24) is 9.71 Å². The Kier molecular flexibility index (Phi) is 3.85. The Bertz CT molecular complexity index is 740. The van der Waals surface area contributed by atoms with Crippen molar-refractivity contribution in [3.05, 3.63) is 59.4 Å². The first-order valence-electron chi connectivity index (χ1n) is 5.94. The standard InChI is InChI=1S/C14H14N2O3S/c1-10-5-6-12(8-11(10)2)14(17)16-20(18,19)13-4-3-7-15-9-13/h3-9H,1-2H3,(H,16,17). The number of pyridine rings is 1. The third kappa shape index (κ3) is 3.03. The molecule has 1 amide bonds. The van der Waals surface area contributed by atoms with Crippen molar-refractivity contribution < 1.29 is 13.2 Å². The van der Waals surface area contributed by atoms with Crippen molar-refractivity contribution in [2.75, 3.05) is 0 Å². The van der Waals surface area contributed by atoms with Crippen molar-refractivity contribution in [1.29, 1.82) is 0 Å². The fourth-order valence-corrected chi connectivity index (χ4v) is 2.57. The number of rotatable bonds is 3. The number of aryl methyl sites for hydroxylation is 2. The van der Waals surface area contributed by atoms with Crippen molar-refractivity contribution in [3.63, 3.8) is 0 Å². The van der Waals surface area contributed by atoms with E-state index in [-0.39, 0.29) is 4.90 Å². The maximum atomic E-state index is 12.0. The number of aromatic nitrogens is 1. The molecule has 0 atom stereocenters. The van der Waals surface area contributed by atoms with Gasteiger partial charge in [0.15, 0.2) is 0 Å². The van der Waals surface area contributed by atoms with Gasteiger partial charge in [-0.15, -0.1) is 0 Å². The first-order valence-corrected chi connectivity index (χ1v) is 7.43. The van der Waals surface area contributed by atoms with Crippen LogP contribution in [-0.4, -0.2) is 19.3 Å². The van der Waals surface area contributed by atoms with Crippen LogP contribution in [0.5, 0.6) is 0 Å². The zero-order valence-corrected chi connectivity index (χ0v) is 11.9. The van der Waals surface area contributed by atoms with Crippen molar-refractivity contribution in [3.8, 4) is 0 Å². The van der Waals surface area contributed by atoms with Crippen LogP contribution in [0.25, 0.3) is 0 Å². The molecular formula is C14H14N2O3S. The first-order chi connectivity index (χ1) is 9.40. The SMILES string of the molecule is Cc1ccc(C(=O)NS(=O)(=O)c2cccnc2)cc1C. The second-order valence-electron chi connectivity index (χ2n) is 4.42. The van der Waals surface area contributed by atoms with Crippen molar-refractivity contribution in [2.45, 2.75) is 18.7 Å². The summed E-state index contributed by atoms with van der Waals surface area (Å²) in [6.07, 6.45) is 2.65. The van der Waals surface area contributed by atoms with Gasteiger partial charge in [-0.05, 0) is 49.2 Å². The Morgan fingerprint density at radius 3 is 2.50 bits per heavy atom. The molecule has 0 bridgehead atoms. The molecule has 0 aliphatic rings. The predicted octanol–water partition coefficient (Wildman–Crippen LogP) is 1.82. The highest BCUT2D eigenvalue weighted by Crippen LogP contribution is 2.11. The van der Waals surface area contributed by atoms with Gasteiger partial charge in [-0.1, -0.05) is 6.07 Å². The highest BCUT2D eigenvalue weighted by molar-refractivity contribution is 7.90. The molecule has 6 heteroatoms. The third-order valence-electron chi connectivity index (χ3n) is 2.94. The molecule has 0 spiro atoms. The maximum Gasteiger partial charge on any atom is 0.265 e. The number of amides is 1. The number of hydrogen-bond acceptors (Lipinski definition) is 4. The summed E-state index contributed by atoms with van der Waals surface area (Å²) in [6.45, 7) is 3.78. The van der Waals surface area contributed by atoms with Gasteiger partial charge in [0.2, 0.25) is 0 Å². The van der Waals surface area contributed by atoms with E-state index in [0.717, 1.165) is 11.1 Å². The molecule has 1 heterocycles. The topological polar surface area (TPSA) is 76.1 Å². The average Bonchev–Trinajstić information content (AvgIpc) is 2.42. The molecule has 0 unspecified atom stereocenters. The Balaban J connectivity index is 2.25. The van der Waals surface area contributed by atoms with E-state index < -0.39 is 15.9 Å². The lowest BCUT2D eigenvalue weighted by atomic mass is 10.1. The van der Waals surface area contributed by atoms with Gasteiger partial charge in [0.05, 0.1) is 0 Å². The maximum absolute atomic E-state index is 12.0. The summed E-state index contributed by atoms with van der Waals surface area (Å²) in [7, 11) is -3.89. The summed E-state index contributed by atoms with van der Waals surface area (Å²) in [4.78, 5) is 15.7. The molecule has 0 aliphatic heterocycles. The first kappa shape index (κ1) is 14.2. The van der Waals surface area contributed by atoms with E-state index >= 15 is 0 Å². The molecule has 1 aromatic carbocycles. The van der Waals surface area contributed by atoms with Gasteiger partial charge < -0.3 is 0 Å². The lowest BCUT2D eigenvalue weighted by molar-refractivity contribution is 0.0981. The molecule has 2 aromatic rings. The normalized spacial score (nSPS) is 11.1. The zero-order chi connectivity index (χ0) is 14.8. The van der Waals surface area contributed by atoms with Crippen LogP contribution in [0.3, 0.4) is 0 Å². The number of hydrogen-bond donors (Lipinski definition) is 1. The highest BCUT2D eigenvalue weighted by atomic mass is 32.2. The number of nitrogens with one attached hydrogen (secondary N) is 1. The van der Waals surface area contributed by atoms with Gasteiger partial charge in [0.25, 0.3) is 15.9 Å². The van der Waals surface area contributed by atoms with Crippen LogP contribution in [0.4, 0.5) is 0 Å². The second kappa shape index (κ2) is 5.42. The van der Waals surface area contributed by atoms with Gasteiger partial charge in [0.1, 0.15) is 4.90 Å². The van der Waals surface area contributed by atoms with Gasteiger partial charge in [-0.25, -0.2) is 13.1 Å². The van der Waals surface area contributed by atoms with Crippen LogP contribution in [0.2, 0.25) is 0 Å². The van der Waals surface area contributed by atoms with Crippen LogP contribution in [-0.2, 0) is 10.0 Å². The lowest BCUT2D eigenvalue weighted by Crippen LogP contribution is -2.30. The summed E-state index contributed by atoms with van der Waals surface area (Å²) >= 11 is 0. The molecule has 0 saturated heterocycles. The van der Waals surface area contributed by atoms with Gasteiger partial charge >= 0.3 is 0 Å². The van der Waals surface area contributed by atoms with Crippen LogP contribution >= 0.6 is 0 Å². The Morgan fingerprint density at radius 1 is 1.15 bits per heavy atom. The number of carbonyl (C=O) groups excluding carboxylic acids is 1. The Hall–Kier alpha value is -2.21. The monoisotopic (exact) mass is 290 g/mol. The summed E-state index contributed by atoms with van der Waals surface area (Å²) < 4.78 is 26.0. The summed E-state index contributed by atoms with van der Waals surface area (Å²) in [5.41, 5.74) is 2.27. The average molecular weight is 290 g/mol. The number of carbonyl (C=O) groups is 1. The molecule has 104 valence electrons. The van der Waals surface area contributed by atoms with E-state index in [1.165, 1.54) is 24.5 Å². The molecule has 1 N–H and O–H groups in total. The Morgan fingerprint density at radius 2 is 1.90 bits per heavy atom.